The van der Waals surface area contributed by atoms with Crippen molar-refractivity contribution in [1.29, 1.82) is 0 Å². The third-order valence-electron chi connectivity index (χ3n) is 2.71. The zero-order valence-electron chi connectivity index (χ0n) is 11.0. The van der Waals surface area contributed by atoms with E-state index in [-0.39, 0.29) is 12.5 Å². The number of amides is 1. The minimum absolute atomic E-state index is 0.0852. The molecule has 1 rings (SSSR count). The summed E-state index contributed by atoms with van der Waals surface area (Å²) in [5, 5.41) is 3.11. The van der Waals surface area contributed by atoms with E-state index < -0.39 is 0 Å². The standard InChI is InChI=1S/C13H19BrN2O2/c1-4-16(5-2)13(17)9-15-11-8-10(14)6-7-12(11)18-3/h6-8,15H,4-5,9H2,1-3H3. The first-order valence-corrected chi connectivity index (χ1v) is 6.76. The lowest BCUT2D eigenvalue weighted by atomic mass is 10.3. The molecule has 0 aliphatic rings. The average molecular weight is 315 g/mol. The van der Waals surface area contributed by atoms with Gasteiger partial charge in [-0.15, -0.1) is 0 Å². The van der Waals surface area contributed by atoms with Gasteiger partial charge in [0.05, 0.1) is 19.3 Å². The number of carbonyl (C=O) groups excluding carboxylic acids is 1. The first kappa shape index (κ1) is 14.8. The molecule has 4 nitrogen and oxygen atoms in total. The van der Waals surface area contributed by atoms with Gasteiger partial charge in [-0.3, -0.25) is 4.79 Å². The third kappa shape index (κ3) is 3.91. The Hall–Kier alpha value is -1.23. The molecule has 1 amide bonds. The maximum Gasteiger partial charge on any atom is 0.241 e. The summed E-state index contributed by atoms with van der Waals surface area (Å²) in [4.78, 5) is 13.7. The van der Waals surface area contributed by atoms with Crippen molar-refractivity contribution >= 4 is 27.5 Å². The molecule has 1 aromatic rings. The molecule has 0 heterocycles. The first-order valence-electron chi connectivity index (χ1n) is 5.97. The zero-order valence-corrected chi connectivity index (χ0v) is 12.6. The van der Waals surface area contributed by atoms with E-state index in [0.717, 1.165) is 29.0 Å². The Labute approximate surface area is 116 Å². The molecule has 1 aromatic carbocycles. The quantitative estimate of drug-likeness (QED) is 0.878. The number of benzene rings is 1. The highest BCUT2D eigenvalue weighted by Gasteiger charge is 2.10. The number of ether oxygens (including phenoxy) is 1. The fourth-order valence-corrected chi connectivity index (χ4v) is 2.04. The van der Waals surface area contributed by atoms with Gasteiger partial charge in [0.1, 0.15) is 5.75 Å². The summed E-state index contributed by atoms with van der Waals surface area (Å²) < 4.78 is 6.18. The average Bonchev–Trinajstić information content (AvgIpc) is 2.38. The SMILES string of the molecule is CCN(CC)C(=O)CNc1cc(Br)ccc1OC. The number of likely N-dealkylation sites (N-methyl/N-ethyl adjacent to an activating group) is 1. The Morgan fingerprint density at radius 3 is 2.61 bits per heavy atom. The summed E-state index contributed by atoms with van der Waals surface area (Å²) in [5.74, 6) is 0.813. The number of hydrogen-bond acceptors (Lipinski definition) is 3. The molecule has 0 aliphatic heterocycles. The Kier molecular flexibility index (Phi) is 5.98. The zero-order chi connectivity index (χ0) is 13.5. The molecule has 5 heteroatoms. The Bertz CT molecular complexity index is 406. The van der Waals surface area contributed by atoms with E-state index in [9.17, 15) is 4.79 Å². The predicted octanol–water partition coefficient (Wildman–Crippen LogP) is 2.74. The fraction of sp³-hybridized carbons (Fsp3) is 0.462. The van der Waals surface area contributed by atoms with Crippen LogP contribution in [0.2, 0.25) is 0 Å². The van der Waals surface area contributed by atoms with Crippen LogP contribution in [0.4, 0.5) is 5.69 Å². The van der Waals surface area contributed by atoms with Gasteiger partial charge in [0.25, 0.3) is 0 Å². The summed E-state index contributed by atoms with van der Waals surface area (Å²) >= 11 is 3.40. The molecule has 0 aromatic heterocycles. The van der Waals surface area contributed by atoms with Crippen molar-refractivity contribution in [3.8, 4) is 5.75 Å². The second-order valence-corrected chi connectivity index (χ2v) is 4.68. The number of hydrogen-bond donors (Lipinski definition) is 1. The smallest absolute Gasteiger partial charge is 0.241 e. The molecular formula is C13H19BrN2O2. The molecule has 0 unspecified atom stereocenters. The van der Waals surface area contributed by atoms with Crippen LogP contribution in [0.15, 0.2) is 22.7 Å². The van der Waals surface area contributed by atoms with Crippen molar-refractivity contribution in [2.24, 2.45) is 0 Å². The number of halogens is 1. The molecule has 0 fully saturated rings. The van der Waals surface area contributed by atoms with Crippen molar-refractivity contribution in [3.63, 3.8) is 0 Å². The van der Waals surface area contributed by atoms with Crippen LogP contribution in [0, 0.1) is 0 Å². The van der Waals surface area contributed by atoms with Crippen LogP contribution < -0.4 is 10.1 Å². The van der Waals surface area contributed by atoms with E-state index in [0.29, 0.717) is 0 Å². The lowest BCUT2D eigenvalue weighted by molar-refractivity contribution is -0.128. The van der Waals surface area contributed by atoms with Crippen molar-refractivity contribution in [3.05, 3.63) is 22.7 Å². The molecule has 100 valence electrons. The molecule has 1 N–H and O–H groups in total. The second-order valence-electron chi connectivity index (χ2n) is 3.76. The molecule has 0 bridgehead atoms. The molecule has 0 atom stereocenters. The maximum absolute atomic E-state index is 11.9. The van der Waals surface area contributed by atoms with Crippen LogP contribution in [-0.4, -0.2) is 37.6 Å². The molecule has 0 spiro atoms. The van der Waals surface area contributed by atoms with Crippen LogP contribution >= 0.6 is 15.9 Å². The van der Waals surface area contributed by atoms with Crippen LogP contribution in [0.1, 0.15) is 13.8 Å². The van der Waals surface area contributed by atoms with Crippen molar-refractivity contribution in [2.45, 2.75) is 13.8 Å². The highest BCUT2D eigenvalue weighted by Crippen LogP contribution is 2.27. The van der Waals surface area contributed by atoms with E-state index in [1.165, 1.54) is 0 Å². The lowest BCUT2D eigenvalue weighted by Gasteiger charge is -2.19. The van der Waals surface area contributed by atoms with Gasteiger partial charge < -0.3 is 15.0 Å². The normalized spacial score (nSPS) is 10.0. The third-order valence-corrected chi connectivity index (χ3v) is 3.20. The van der Waals surface area contributed by atoms with Gasteiger partial charge in [0, 0.05) is 17.6 Å². The highest BCUT2D eigenvalue weighted by atomic mass is 79.9. The highest BCUT2D eigenvalue weighted by molar-refractivity contribution is 9.10. The number of methoxy groups -OCH3 is 1. The van der Waals surface area contributed by atoms with Gasteiger partial charge in [-0.05, 0) is 32.0 Å². The van der Waals surface area contributed by atoms with Gasteiger partial charge in [0.15, 0.2) is 0 Å². The minimum atomic E-state index is 0.0852. The predicted molar refractivity (Wildman–Crippen MR) is 77.1 cm³/mol. The fourth-order valence-electron chi connectivity index (χ4n) is 1.68. The van der Waals surface area contributed by atoms with Gasteiger partial charge in [-0.2, -0.15) is 0 Å². The molecule has 0 radical (unpaired) electrons. The molecule has 18 heavy (non-hydrogen) atoms. The minimum Gasteiger partial charge on any atom is -0.495 e. The van der Waals surface area contributed by atoms with Gasteiger partial charge in [-0.1, -0.05) is 15.9 Å². The second kappa shape index (κ2) is 7.26. The van der Waals surface area contributed by atoms with Gasteiger partial charge >= 0.3 is 0 Å². The van der Waals surface area contributed by atoms with Gasteiger partial charge in [-0.25, -0.2) is 0 Å². The Morgan fingerprint density at radius 1 is 1.39 bits per heavy atom. The summed E-state index contributed by atoms with van der Waals surface area (Å²) in [7, 11) is 1.61. The van der Waals surface area contributed by atoms with E-state index in [1.807, 2.05) is 32.0 Å². The van der Waals surface area contributed by atoms with Crippen LogP contribution in [0.3, 0.4) is 0 Å². The number of carbonyl (C=O) groups is 1. The van der Waals surface area contributed by atoms with Crippen molar-refractivity contribution in [1.82, 2.24) is 4.90 Å². The van der Waals surface area contributed by atoms with Crippen molar-refractivity contribution in [2.75, 3.05) is 32.1 Å². The molecule has 0 saturated carbocycles. The number of nitrogens with zero attached hydrogens (tertiary/aromatic N) is 1. The van der Waals surface area contributed by atoms with Crippen LogP contribution in [0.25, 0.3) is 0 Å². The largest absolute Gasteiger partial charge is 0.495 e. The van der Waals surface area contributed by atoms with E-state index >= 15 is 0 Å². The Morgan fingerprint density at radius 2 is 2.06 bits per heavy atom. The maximum atomic E-state index is 11.9. The summed E-state index contributed by atoms with van der Waals surface area (Å²) in [6, 6.07) is 5.65. The topological polar surface area (TPSA) is 41.6 Å². The lowest BCUT2D eigenvalue weighted by Crippen LogP contribution is -2.35. The van der Waals surface area contributed by atoms with E-state index in [4.69, 9.17) is 4.74 Å². The van der Waals surface area contributed by atoms with Crippen LogP contribution in [-0.2, 0) is 4.79 Å². The summed E-state index contributed by atoms with van der Waals surface area (Å²) in [6.45, 7) is 5.68. The van der Waals surface area contributed by atoms with Gasteiger partial charge in [0.2, 0.25) is 5.91 Å². The van der Waals surface area contributed by atoms with E-state index in [2.05, 4.69) is 21.2 Å². The van der Waals surface area contributed by atoms with Crippen molar-refractivity contribution < 1.29 is 9.53 Å². The van der Waals surface area contributed by atoms with Crippen LogP contribution in [0.5, 0.6) is 5.75 Å². The first-order chi connectivity index (χ1) is 8.62. The number of rotatable bonds is 6. The molecular weight excluding hydrogens is 296 g/mol. The monoisotopic (exact) mass is 314 g/mol. The number of anilines is 1. The molecule has 0 saturated heterocycles. The summed E-state index contributed by atoms with van der Waals surface area (Å²) in [6.07, 6.45) is 0. The molecule has 0 aliphatic carbocycles. The summed E-state index contributed by atoms with van der Waals surface area (Å²) in [5.41, 5.74) is 0.812. The van der Waals surface area contributed by atoms with E-state index in [1.54, 1.807) is 12.0 Å². The Balaban J connectivity index is 2.68. The number of nitrogens with one attached hydrogen (secondary N) is 1.